The number of morpholine rings is 1. The Morgan fingerprint density at radius 3 is 2.96 bits per heavy atom. The summed E-state index contributed by atoms with van der Waals surface area (Å²) < 4.78 is 5.42. The Morgan fingerprint density at radius 1 is 1.27 bits per heavy atom. The van der Waals surface area contributed by atoms with Gasteiger partial charge in [0.05, 0.1) is 13.2 Å². The smallest absolute Gasteiger partial charge is 0.0594 e. The molecular weight excluding hydrogens is 342 g/mol. The van der Waals surface area contributed by atoms with E-state index in [-0.39, 0.29) is 0 Å². The standard InChI is InChI=1S/C21H25N3OS/c1-16(21-5-3-13-26-21)23-18-6-7-20-19(14-18)17(15-22-20)4-2-8-24-9-11-25-12-10-24/h3,5-7,13-15,22-23H,1-2,4,8-12H2. The van der Waals surface area contributed by atoms with Gasteiger partial charge in [-0.25, -0.2) is 0 Å². The number of hydrogen-bond acceptors (Lipinski definition) is 4. The molecule has 1 aliphatic heterocycles. The van der Waals surface area contributed by atoms with Crippen LogP contribution in [0.2, 0.25) is 0 Å². The summed E-state index contributed by atoms with van der Waals surface area (Å²) in [6.07, 6.45) is 4.42. The summed E-state index contributed by atoms with van der Waals surface area (Å²) >= 11 is 1.70. The second-order valence-corrected chi connectivity index (χ2v) is 7.66. The number of anilines is 1. The molecule has 4 nitrogen and oxygen atoms in total. The van der Waals surface area contributed by atoms with Crippen molar-refractivity contribution in [2.24, 2.45) is 0 Å². The van der Waals surface area contributed by atoms with Gasteiger partial charge in [0, 0.05) is 46.5 Å². The second kappa shape index (κ2) is 8.08. The summed E-state index contributed by atoms with van der Waals surface area (Å²) in [5.74, 6) is 0. The molecule has 3 heterocycles. The molecule has 4 rings (SSSR count). The predicted molar refractivity (Wildman–Crippen MR) is 111 cm³/mol. The Morgan fingerprint density at radius 2 is 2.15 bits per heavy atom. The van der Waals surface area contributed by atoms with Crippen LogP contribution in [0.1, 0.15) is 16.9 Å². The maximum Gasteiger partial charge on any atom is 0.0594 e. The van der Waals surface area contributed by atoms with Crippen molar-refractivity contribution in [2.75, 3.05) is 38.2 Å². The minimum atomic E-state index is 0.871. The lowest BCUT2D eigenvalue weighted by atomic mass is 10.1. The van der Waals surface area contributed by atoms with E-state index in [1.54, 1.807) is 11.3 Å². The first-order valence-electron chi connectivity index (χ1n) is 9.19. The van der Waals surface area contributed by atoms with Crippen molar-refractivity contribution in [1.29, 1.82) is 0 Å². The number of nitrogens with one attached hydrogen (secondary N) is 2. The van der Waals surface area contributed by atoms with Crippen molar-refractivity contribution in [3.8, 4) is 0 Å². The first kappa shape index (κ1) is 17.3. The summed E-state index contributed by atoms with van der Waals surface area (Å²) in [6, 6.07) is 10.6. The molecule has 1 fully saturated rings. The van der Waals surface area contributed by atoms with Crippen LogP contribution in [-0.2, 0) is 11.2 Å². The fourth-order valence-electron chi connectivity index (χ4n) is 3.47. The Balaban J connectivity index is 1.41. The van der Waals surface area contributed by atoms with Gasteiger partial charge in [-0.2, -0.15) is 0 Å². The minimum absolute atomic E-state index is 0.871. The summed E-state index contributed by atoms with van der Waals surface area (Å²) in [5, 5.41) is 6.82. The molecule has 0 radical (unpaired) electrons. The van der Waals surface area contributed by atoms with E-state index in [0.29, 0.717) is 0 Å². The summed E-state index contributed by atoms with van der Waals surface area (Å²) in [6.45, 7) is 9.17. The van der Waals surface area contributed by atoms with Crippen molar-refractivity contribution in [1.82, 2.24) is 9.88 Å². The second-order valence-electron chi connectivity index (χ2n) is 6.71. The lowest BCUT2D eigenvalue weighted by Crippen LogP contribution is -2.36. The van der Waals surface area contributed by atoms with Crippen LogP contribution < -0.4 is 5.32 Å². The highest BCUT2D eigenvalue weighted by Crippen LogP contribution is 2.26. The highest BCUT2D eigenvalue weighted by atomic mass is 32.1. The van der Waals surface area contributed by atoms with Gasteiger partial charge in [0.15, 0.2) is 0 Å². The Hall–Kier alpha value is -2.08. The van der Waals surface area contributed by atoms with E-state index in [4.69, 9.17) is 4.74 Å². The van der Waals surface area contributed by atoms with Crippen LogP contribution in [0.4, 0.5) is 5.69 Å². The molecular formula is C21H25N3OS. The average molecular weight is 368 g/mol. The van der Waals surface area contributed by atoms with E-state index in [1.807, 2.05) is 0 Å². The third kappa shape index (κ3) is 4.01. The number of thiophene rings is 1. The van der Waals surface area contributed by atoms with E-state index >= 15 is 0 Å². The van der Waals surface area contributed by atoms with Crippen LogP contribution in [0, 0.1) is 0 Å². The lowest BCUT2D eigenvalue weighted by Gasteiger charge is -2.26. The highest BCUT2D eigenvalue weighted by molar-refractivity contribution is 7.11. The Kier molecular flexibility index (Phi) is 5.39. The van der Waals surface area contributed by atoms with Gasteiger partial charge in [-0.1, -0.05) is 12.6 Å². The zero-order chi connectivity index (χ0) is 17.8. The molecule has 5 heteroatoms. The van der Waals surface area contributed by atoms with Crippen molar-refractivity contribution >= 4 is 33.6 Å². The molecule has 0 amide bonds. The number of H-pyrrole nitrogens is 1. The van der Waals surface area contributed by atoms with Crippen LogP contribution in [-0.4, -0.2) is 42.7 Å². The summed E-state index contributed by atoms with van der Waals surface area (Å²) in [4.78, 5) is 7.07. The molecule has 3 aromatic rings. The molecule has 0 bridgehead atoms. The van der Waals surface area contributed by atoms with Gasteiger partial charge in [0.2, 0.25) is 0 Å². The molecule has 2 aromatic heterocycles. The first-order valence-corrected chi connectivity index (χ1v) is 10.1. The third-order valence-electron chi connectivity index (χ3n) is 4.91. The maximum atomic E-state index is 5.42. The van der Waals surface area contributed by atoms with E-state index < -0.39 is 0 Å². The SMILES string of the molecule is C=C(Nc1ccc2[nH]cc(CCCN3CCOCC3)c2c1)c1cccs1. The number of hydrogen-bond donors (Lipinski definition) is 2. The number of nitrogens with zero attached hydrogens (tertiary/aromatic N) is 1. The van der Waals surface area contributed by atoms with Gasteiger partial charge in [-0.05, 0) is 54.6 Å². The van der Waals surface area contributed by atoms with Gasteiger partial charge >= 0.3 is 0 Å². The molecule has 136 valence electrons. The van der Waals surface area contributed by atoms with Crippen LogP contribution >= 0.6 is 11.3 Å². The number of ether oxygens (including phenoxy) is 1. The molecule has 2 N–H and O–H groups in total. The topological polar surface area (TPSA) is 40.3 Å². The first-order chi connectivity index (χ1) is 12.8. The van der Waals surface area contributed by atoms with Gasteiger partial charge in [-0.3, -0.25) is 4.90 Å². The molecule has 26 heavy (non-hydrogen) atoms. The number of aromatic nitrogens is 1. The molecule has 0 atom stereocenters. The molecule has 1 aliphatic rings. The van der Waals surface area contributed by atoms with Crippen LogP contribution in [0.25, 0.3) is 16.6 Å². The quantitative estimate of drug-likeness (QED) is 0.642. The molecule has 0 unspecified atom stereocenters. The number of fused-ring (bicyclic) bond motifs is 1. The molecule has 1 aromatic carbocycles. The molecule has 0 saturated carbocycles. The van der Waals surface area contributed by atoms with Gasteiger partial charge in [0.1, 0.15) is 0 Å². The van der Waals surface area contributed by atoms with E-state index in [0.717, 1.165) is 50.7 Å². The molecule has 0 aliphatic carbocycles. The van der Waals surface area contributed by atoms with Crippen molar-refractivity contribution < 1.29 is 4.74 Å². The highest BCUT2D eigenvalue weighted by Gasteiger charge is 2.11. The molecule has 0 spiro atoms. The van der Waals surface area contributed by atoms with Gasteiger partial charge in [0.25, 0.3) is 0 Å². The predicted octanol–water partition coefficient (Wildman–Crippen LogP) is 4.58. The number of rotatable bonds is 7. The van der Waals surface area contributed by atoms with Crippen molar-refractivity contribution in [2.45, 2.75) is 12.8 Å². The lowest BCUT2D eigenvalue weighted by molar-refractivity contribution is 0.0375. The minimum Gasteiger partial charge on any atom is -0.379 e. The molecule has 1 saturated heterocycles. The van der Waals surface area contributed by atoms with Crippen LogP contribution in [0.5, 0.6) is 0 Å². The number of aromatic amines is 1. The van der Waals surface area contributed by atoms with Crippen molar-refractivity contribution in [3.63, 3.8) is 0 Å². The van der Waals surface area contributed by atoms with E-state index in [9.17, 15) is 0 Å². The average Bonchev–Trinajstić information content (AvgIpc) is 3.33. The zero-order valence-electron chi connectivity index (χ0n) is 15.0. The number of aryl methyl sites for hydroxylation is 1. The van der Waals surface area contributed by atoms with Gasteiger partial charge in [-0.15, -0.1) is 11.3 Å². The van der Waals surface area contributed by atoms with Gasteiger partial charge < -0.3 is 15.0 Å². The monoisotopic (exact) mass is 367 g/mol. The third-order valence-corrected chi connectivity index (χ3v) is 5.84. The van der Waals surface area contributed by atoms with Crippen LogP contribution in [0.3, 0.4) is 0 Å². The summed E-state index contributed by atoms with van der Waals surface area (Å²) in [5.41, 5.74) is 4.62. The Labute approximate surface area is 158 Å². The van der Waals surface area contributed by atoms with Crippen LogP contribution in [0.15, 0.2) is 48.5 Å². The van der Waals surface area contributed by atoms with E-state index in [2.05, 4.69) is 63.7 Å². The maximum absolute atomic E-state index is 5.42. The largest absolute Gasteiger partial charge is 0.379 e. The van der Waals surface area contributed by atoms with Crippen molar-refractivity contribution in [3.05, 3.63) is 58.9 Å². The fourth-order valence-corrected chi connectivity index (χ4v) is 4.12. The fraction of sp³-hybridized carbons (Fsp3) is 0.333. The normalized spacial score (nSPS) is 15.4. The Bertz CT molecular complexity index is 863. The zero-order valence-corrected chi connectivity index (χ0v) is 15.8. The van der Waals surface area contributed by atoms with E-state index in [1.165, 1.54) is 27.8 Å². The number of benzene rings is 1. The summed E-state index contributed by atoms with van der Waals surface area (Å²) in [7, 11) is 0.